The Bertz CT molecular complexity index is 747. The van der Waals surface area contributed by atoms with Gasteiger partial charge in [0.15, 0.2) is 0 Å². The van der Waals surface area contributed by atoms with Gasteiger partial charge in [-0.2, -0.15) is 0 Å². The maximum absolute atomic E-state index is 12.6. The number of hydrogen-bond donors (Lipinski definition) is 1. The predicted octanol–water partition coefficient (Wildman–Crippen LogP) is 3.80. The molecule has 0 spiro atoms. The standard InChI is InChI=1S/C21H24N2O2/c1-16-8-10-17(11-9-16)12-13-20(24)22-19-7-3-2-6-18(19)21(25)23-14-4-5-15-23/h2-3,6-11H,4-5,12-15H2,1H3,(H,22,24). The number of nitrogens with zero attached hydrogens (tertiary/aromatic N) is 1. The van der Waals surface area contributed by atoms with Gasteiger partial charge in [-0.25, -0.2) is 0 Å². The number of nitrogens with one attached hydrogen (secondary N) is 1. The Hall–Kier alpha value is -2.62. The highest BCUT2D eigenvalue weighted by atomic mass is 16.2. The first-order valence-corrected chi connectivity index (χ1v) is 8.87. The van der Waals surface area contributed by atoms with E-state index in [0.29, 0.717) is 24.1 Å². The molecule has 0 unspecified atom stereocenters. The Morgan fingerprint density at radius 2 is 1.68 bits per heavy atom. The van der Waals surface area contributed by atoms with Crippen molar-refractivity contribution in [1.29, 1.82) is 0 Å². The first-order chi connectivity index (χ1) is 12.1. The molecule has 1 aliphatic rings. The second-order valence-electron chi connectivity index (χ2n) is 6.58. The molecular formula is C21H24N2O2. The summed E-state index contributed by atoms with van der Waals surface area (Å²) in [5.41, 5.74) is 3.53. The van der Waals surface area contributed by atoms with Crippen LogP contribution in [0.25, 0.3) is 0 Å². The molecule has 2 aromatic rings. The van der Waals surface area contributed by atoms with E-state index >= 15 is 0 Å². The lowest BCUT2D eigenvalue weighted by atomic mass is 10.1. The number of carbonyl (C=O) groups excluding carboxylic acids is 2. The molecule has 4 heteroatoms. The van der Waals surface area contributed by atoms with E-state index in [1.54, 1.807) is 12.1 Å². The van der Waals surface area contributed by atoms with Crippen LogP contribution in [0, 0.1) is 6.92 Å². The summed E-state index contributed by atoms with van der Waals surface area (Å²) in [6.45, 7) is 3.65. The molecule has 4 nitrogen and oxygen atoms in total. The first kappa shape index (κ1) is 17.2. The van der Waals surface area contributed by atoms with Gasteiger partial charge in [-0.05, 0) is 43.9 Å². The van der Waals surface area contributed by atoms with Crippen LogP contribution < -0.4 is 5.32 Å². The summed E-state index contributed by atoms with van der Waals surface area (Å²) >= 11 is 0. The van der Waals surface area contributed by atoms with Gasteiger partial charge in [0.05, 0.1) is 11.3 Å². The number of amides is 2. The molecule has 0 aliphatic carbocycles. The van der Waals surface area contributed by atoms with E-state index in [4.69, 9.17) is 0 Å². The highest BCUT2D eigenvalue weighted by Crippen LogP contribution is 2.20. The van der Waals surface area contributed by atoms with Crippen molar-refractivity contribution in [3.63, 3.8) is 0 Å². The van der Waals surface area contributed by atoms with E-state index in [9.17, 15) is 9.59 Å². The largest absolute Gasteiger partial charge is 0.339 e. The molecule has 1 heterocycles. The Labute approximate surface area is 148 Å². The normalized spacial score (nSPS) is 13.7. The van der Waals surface area contributed by atoms with Crippen molar-refractivity contribution in [1.82, 2.24) is 4.90 Å². The molecule has 0 saturated carbocycles. The van der Waals surface area contributed by atoms with Gasteiger partial charge in [-0.3, -0.25) is 9.59 Å². The molecule has 0 bridgehead atoms. The van der Waals surface area contributed by atoms with Crippen molar-refractivity contribution in [2.24, 2.45) is 0 Å². The van der Waals surface area contributed by atoms with Crippen molar-refractivity contribution in [2.45, 2.75) is 32.6 Å². The van der Waals surface area contributed by atoms with E-state index in [1.807, 2.05) is 36.1 Å². The quantitative estimate of drug-likeness (QED) is 0.903. The Balaban J connectivity index is 1.62. The topological polar surface area (TPSA) is 49.4 Å². The molecule has 2 aromatic carbocycles. The van der Waals surface area contributed by atoms with Crippen molar-refractivity contribution in [2.75, 3.05) is 18.4 Å². The molecule has 1 fully saturated rings. The molecule has 1 N–H and O–H groups in total. The molecule has 0 radical (unpaired) electrons. The second kappa shape index (κ2) is 7.97. The van der Waals surface area contributed by atoms with E-state index in [1.165, 1.54) is 5.56 Å². The van der Waals surface area contributed by atoms with Crippen molar-refractivity contribution >= 4 is 17.5 Å². The third kappa shape index (κ3) is 4.47. The van der Waals surface area contributed by atoms with Crippen molar-refractivity contribution < 1.29 is 9.59 Å². The molecule has 0 atom stereocenters. The zero-order valence-corrected chi connectivity index (χ0v) is 14.6. The van der Waals surface area contributed by atoms with Crippen LogP contribution in [0.4, 0.5) is 5.69 Å². The van der Waals surface area contributed by atoms with Gasteiger partial charge in [0.1, 0.15) is 0 Å². The molecule has 25 heavy (non-hydrogen) atoms. The third-order valence-corrected chi connectivity index (χ3v) is 4.59. The van der Waals surface area contributed by atoms with E-state index < -0.39 is 0 Å². The Kier molecular flexibility index (Phi) is 5.49. The lowest BCUT2D eigenvalue weighted by Gasteiger charge is -2.18. The fourth-order valence-electron chi connectivity index (χ4n) is 3.09. The zero-order chi connectivity index (χ0) is 17.6. The SMILES string of the molecule is Cc1ccc(CCC(=O)Nc2ccccc2C(=O)N2CCCC2)cc1. The summed E-state index contributed by atoms with van der Waals surface area (Å²) < 4.78 is 0. The first-order valence-electron chi connectivity index (χ1n) is 8.87. The molecule has 3 rings (SSSR count). The molecule has 1 saturated heterocycles. The molecular weight excluding hydrogens is 312 g/mol. The smallest absolute Gasteiger partial charge is 0.255 e. The van der Waals surface area contributed by atoms with Gasteiger partial charge in [0, 0.05) is 19.5 Å². The Morgan fingerprint density at radius 3 is 2.40 bits per heavy atom. The maximum Gasteiger partial charge on any atom is 0.255 e. The highest BCUT2D eigenvalue weighted by Gasteiger charge is 2.22. The van der Waals surface area contributed by atoms with Gasteiger partial charge in [0.2, 0.25) is 5.91 Å². The summed E-state index contributed by atoms with van der Waals surface area (Å²) in [5, 5.41) is 2.91. The number of rotatable bonds is 5. The fraction of sp³-hybridized carbons (Fsp3) is 0.333. The van der Waals surface area contributed by atoms with Crippen LogP contribution in [-0.4, -0.2) is 29.8 Å². The van der Waals surface area contributed by atoms with Crippen molar-refractivity contribution in [3.8, 4) is 0 Å². The van der Waals surface area contributed by atoms with Crippen LogP contribution >= 0.6 is 0 Å². The molecule has 2 amide bonds. The van der Waals surface area contributed by atoms with Crippen LogP contribution in [-0.2, 0) is 11.2 Å². The number of aryl methyl sites for hydroxylation is 2. The van der Waals surface area contributed by atoms with Crippen LogP contribution in [0.15, 0.2) is 48.5 Å². The summed E-state index contributed by atoms with van der Waals surface area (Å²) in [6, 6.07) is 15.5. The minimum absolute atomic E-state index is 0.00642. The molecule has 1 aliphatic heterocycles. The summed E-state index contributed by atoms with van der Waals surface area (Å²) in [4.78, 5) is 26.8. The zero-order valence-electron chi connectivity index (χ0n) is 14.6. The van der Waals surface area contributed by atoms with E-state index in [-0.39, 0.29) is 11.8 Å². The van der Waals surface area contributed by atoms with Gasteiger partial charge in [-0.15, -0.1) is 0 Å². The van der Waals surface area contributed by atoms with Gasteiger partial charge in [0.25, 0.3) is 5.91 Å². The monoisotopic (exact) mass is 336 g/mol. The van der Waals surface area contributed by atoms with Crippen molar-refractivity contribution in [3.05, 3.63) is 65.2 Å². The predicted molar refractivity (Wildman–Crippen MR) is 99.7 cm³/mol. The lowest BCUT2D eigenvalue weighted by molar-refractivity contribution is -0.116. The third-order valence-electron chi connectivity index (χ3n) is 4.59. The van der Waals surface area contributed by atoms with Gasteiger partial charge >= 0.3 is 0 Å². The Morgan fingerprint density at radius 1 is 1.00 bits per heavy atom. The maximum atomic E-state index is 12.6. The highest BCUT2D eigenvalue weighted by molar-refractivity contribution is 6.03. The number of para-hydroxylation sites is 1. The van der Waals surface area contributed by atoms with E-state index in [0.717, 1.165) is 31.5 Å². The lowest BCUT2D eigenvalue weighted by Crippen LogP contribution is -2.28. The van der Waals surface area contributed by atoms with Crippen LogP contribution in [0.1, 0.15) is 40.7 Å². The molecule has 130 valence electrons. The fourth-order valence-corrected chi connectivity index (χ4v) is 3.09. The van der Waals surface area contributed by atoms with Crippen LogP contribution in [0.2, 0.25) is 0 Å². The minimum Gasteiger partial charge on any atom is -0.339 e. The minimum atomic E-state index is -0.0674. The van der Waals surface area contributed by atoms with Gasteiger partial charge in [-0.1, -0.05) is 42.0 Å². The number of hydrogen-bond acceptors (Lipinski definition) is 2. The average Bonchev–Trinajstić information content (AvgIpc) is 3.16. The summed E-state index contributed by atoms with van der Waals surface area (Å²) in [5.74, 6) is -0.0609. The van der Waals surface area contributed by atoms with Gasteiger partial charge < -0.3 is 10.2 Å². The number of anilines is 1. The number of benzene rings is 2. The average molecular weight is 336 g/mol. The summed E-state index contributed by atoms with van der Waals surface area (Å²) in [7, 11) is 0. The van der Waals surface area contributed by atoms with Crippen LogP contribution in [0.5, 0.6) is 0 Å². The number of likely N-dealkylation sites (tertiary alicyclic amines) is 1. The second-order valence-corrected chi connectivity index (χ2v) is 6.58. The van der Waals surface area contributed by atoms with E-state index in [2.05, 4.69) is 17.4 Å². The number of carbonyl (C=O) groups is 2. The summed E-state index contributed by atoms with van der Waals surface area (Å²) in [6.07, 6.45) is 3.19. The van der Waals surface area contributed by atoms with Crippen LogP contribution in [0.3, 0.4) is 0 Å². The molecule has 0 aromatic heterocycles.